The number of carbonyl (C=O) groups excluding carboxylic acids is 2. The van der Waals surface area contributed by atoms with Gasteiger partial charge in [-0.25, -0.2) is 4.79 Å². The summed E-state index contributed by atoms with van der Waals surface area (Å²) < 4.78 is 13.1. The van der Waals surface area contributed by atoms with Crippen LogP contribution in [0.5, 0.6) is 0 Å². The van der Waals surface area contributed by atoms with Crippen molar-refractivity contribution >= 4 is 44.8 Å². The number of halogens is 1. The van der Waals surface area contributed by atoms with E-state index >= 15 is 0 Å². The number of anilines is 1. The Bertz CT molecular complexity index is 973. The molecule has 136 valence electrons. The van der Waals surface area contributed by atoms with Crippen LogP contribution in [0.1, 0.15) is 37.4 Å². The molecular formula is C17H16BrN3O4S. The number of methoxy groups -OCH3 is 1. The van der Waals surface area contributed by atoms with E-state index in [0.717, 1.165) is 15.9 Å². The number of ether oxygens (including phenoxy) is 1. The second-order valence-corrected chi connectivity index (χ2v) is 7.23. The highest BCUT2D eigenvalue weighted by atomic mass is 79.9. The highest BCUT2D eigenvalue weighted by Crippen LogP contribution is 2.24. The average molecular weight is 438 g/mol. The number of thiophene rings is 1. The van der Waals surface area contributed by atoms with Crippen molar-refractivity contribution in [3.8, 4) is 0 Å². The van der Waals surface area contributed by atoms with E-state index in [0.29, 0.717) is 22.9 Å². The number of aryl methyl sites for hydroxylation is 1. The smallest absolute Gasteiger partial charge is 0.350 e. The van der Waals surface area contributed by atoms with Crippen molar-refractivity contribution in [3.05, 3.63) is 55.8 Å². The van der Waals surface area contributed by atoms with Crippen LogP contribution in [0.2, 0.25) is 0 Å². The molecule has 26 heavy (non-hydrogen) atoms. The molecule has 0 saturated heterocycles. The van der Waals surface area contributed by atoms with E-state index in [1.807, 2.05) is 13.8 Å². The van der Waals surface area contributed by atoms with Crippen LogP contribution >= 0.6 is 27.3 Å². The topological polar surface area (TPSA) is 86.4 Å². The van der Waals surface area contributed by atoms with Crippen LogP contribution in [0.25, 0.3) is 0 Å². The van der Waals surface area contributed by atoms with Crippen LogP contribution in [0.3, 0.4) is 0 Å². The number of rotatable bonds is 5. The SMILES string of the molecule is COC(=O)c1sccc1NC(=O)c1ccc(Cn2nc(C)c(Br)c2C)o1. The number of carbonyl (C=O) groups is 2. The lowest BCUT2D eigenvalue weighted by Crippen LogP contribution is -2.13. The molecule has 0 spiro atoms. The fraction of sp³-hybridized carbons (Fsp3) is 0.235. The third-order valence-electron chi connectivity index (χ3n) is 3.77. The number of nitrogens with zero attached hydrogens (tertiary/aromatic N) is 2. The molecule has 0 aliphatic rings. The highest BCUT2D eigenvalue weighted by Gasteiger charge is 2.19. The van der Waals surface area contributed by atoms with Gasteiger partial charge in [0.15, 0.2) is 5.76 Å². The number of hydrogen-bond acceptors (Lipinski definition) is 6. The maximum Gasteiger partial charge on any atom is 0.350 e. The van der Waals surface area contributed by atoms with Crippen molar-refractivity contribution in [1.29, 1.82) is 0 Å². The van der Waals surface area contributed by atoms with Gasteiger partial charge in [0, 0.05) is 0 Å². The molecule has 0 atom stereocenters. The Morgan fingerprint density at radius 3 is 2.77 bits per heavy atom. The lowest BCUT2D eigenvalue weighted by molar-refractivity contribution is 0.0607. The molecule has 3 aromatic heterocycles. The van der Waals surface area contributed by atoms with Crippen LogP contribution in [-0.4, -0.2) is 28.8 Å². The molecule has 1 amide bonds. The van der Waals surface area contributed by atoms with Gasteiger partial charge in [-0.3, -0.25) is 9.48 Å². The van der Waals surface area contributed by atoms with Gasteiger partial charge in [0.25, 0.3) is 5.91 Å². The quantitative estimate of drug-likeness (QED) is 0.609. The van der Waals surface area contributed by atoms with Crippen LogP contribution < -0.4 is 5.32 Å². The van der Waals surface area contributed by atoms with E-state index in [4.69, 9.17) is 9.15 Å². The summed E-state index contributed by atoms with van der Waals surface area (Å²) in [5.74, 6) is -0.172. The first-order valence-corrected chi connectivity index (χ1v) is 9.33. The van der Waals surface area contributed by atoms with Crippen molar-refractivity contribution in [2.24, 2.45) is 0 Å². The minimum absolute atomic E-state index is 0.155. The number of nitrogens with one attached hydrogen (secondary N) is 1. The number of hydrogen-bond donors (Lipinski definition) is 1. The number of furan rings is 1. The Balaban J connectivity index is 1.73. The molecule has 0 saturated carbocycles. The summed E-state index contributed by atoms with van der Waals surface area (Å²) in [4.78, 5) is 24.4. The summed E-state index contributed by atoms with van der Waals surface area (Å²) in [5.41, 5.74) is 2.26. The molecule has 1 N–H and O–H groups in total. The van der Waals surface area contributed by atoms with Gasteiger partial charge in [-0.15, -0.1) is 11.3 Å². The number of amides is 1. The standard InChI is InChI=1S/C17H16BrN3O4S/c1-9-14(18)10(2)21(20-9)8-11-4-5-13(25-11)16(22)19-12-6-7-26-15(12)17(23)24-3/h4-7H,8H2,1-3H3,(H,19,22). The summed E-state index contributed by atoms with van der Waals surface area (Å²) in [5, 5.41) is 8.79. The van der Waals surface area contributed by atoms with Gasteiger partial charge in [0.05, 0.1) is 35.2 Å². The Morgan fingerprint density at radius 1 is 1.35 bits per heavy atom. The third-order valence-corrected chi connectivity index (χ3v) is 5.81. The second-order valence-electron chi connectivity index (χ2n) is 5.52. The first-order chi connectivity index (χ1) is 12.4. The van der Waals surface area contributed by atoms with Crippen LogP contribution in [0.15, 0.2) is 32.5 Å². The summed E-state index contributed by atoms with van der Waals surface area (Å²) >= 11 is 4.68. The largest absolute Gasteiger partial charge is 0.465 e. The molecule has 0 bridgehead atoms. The van der Waals surface area contributed by atoms with Crippen LogP contribution in [0, 0.1) is 13.8 Å². The zero-order valence-electron chi connectivity index (χ0n) is 14.3. The monoisotopic (exact) mass is 437 g/mol. The van der Waals surface area contributed by atoms with Gasteiger partial charge in [0.2, 0.25) is 0 Å². The Hall–Kier alpha value is -2.39. The average Bonchev–Trinajstić information content (AvgIpc) is 3.32. The normalized spacial score (nSPS) is 10.8. The molecule has 0 aliphatic carbocycles. The molecule has 3 aromatic rings. The molecule has 0 aliphatic heterocycles. The summed E-state index contributed by atoms with van der Waals surface area (Å²) in [6.07, 6.45) is 0. The van der Waals surface area contributed by atoms with E-state index in [1.165, 1.54) is 18.4 Å². The summed E-state index contributed by atoms with van der Waals surface area (Å²) in [7, 11) is 1.30. The molecule has 3 rings (SSSR count). The van der Waals surface area contributed by atoms with Gasteiger partial charge in [-0.05, 0) is 53.4 Å². The fourth-order valence-corrected chi connectivity index (χ4v) is 3.45. The lowest BCUT2D eigenvalue weighted by atomic mass is 10.3. The zero-order valence-corrected chi connectivity index (χ0v) is 16.7. The fourth-order valence-electron chi connectivity index (χ4n) is 2.40. The molecule has 0 unspecified atom stereocenters. The predicted octanol–water partition coefficient (Wildman–Crippen LogP) is 4.00. The summed E-state index contributed by atoms with van der Waals surface area (Å²) in [6, 6.07) is 4.97. The van der Waals surface area contributed by atoms with Gasteiger partial charge >= 0.3 is 5.97 Å². The molecule has 0 fully saturated rings. The van der Waals surface area contributed by atoms with Crippen LogP contribution in [-0.2, 0) is 11.3 Å². The Labute approximate surface area is 162 Å². The molecular weight excluding hydrogens is 422 g/mol. The minimum atomic E-state index is -0.495. The lowest BCUT2D eigenvalue weighted by Gasteiger charge is -2.04. The maximum atomic E-state index is 12.4. The Morgan fingerprint density at radius 2 is 2.12 bits per heavy atom. The minimum Gasteiger partial charge on any atom is -0.465 e. The van der Waals surface area contributed by atoms with Crippen molar-refractivity contribution in [2.75, 3.05) is 12.4 Å². The van der Waals surface area contributed by atoms with Gasteiger partial charge in [-0.2, -0.15) is 5.10 Å². The number of aromatic nitrogens is 2. The zero-order chi connectivity index (χ0) is 18.8. The molecule has 0 aromatic carbocycles. The summed E-state index contributed by atoms with van der Waals surface area (Å²) in [6.45, 7) is 4.28. The Kier molecular flexibility index (Phi) is 5.28. The molecule has 0 radical (unpaired) electrons. The molecule has 3 heterocycles. The van der Waals surface area contributed by atoms with Gasteiger partial charge in [-0.1, -0.05) is 0 Å². The number of esters is 1. The first kappa shape index (κ1) is 18.4. The van der Waals surface area contributed by atoms with E-state index in [-0.39, 0.29) is 5.76 Å². The maximum absolute atomic E-state index is 12.4. The molecule has 7 nitrogen and oxygen atoms in total. The van der Waals surface area contributed by atoms with Crippen molar-refractivity contribution in [3.63, 3.8) is 0 Å². The van der Waals surface area contributed by atoms with E-state index in [1.54, 1.807) is 28.3 Å². The van der Waals surface area contributed by atoms with Crippen molar-refractivity contribution < 1.29 is 18.7 Å². The third kappa shape index (κ3) is 3.58. The molecule has 9 heteroatoms. The van der Waals surface area contributed by atoms with Gasteiger partial charge in [0.1, 0.15) is 10.6 Å². The van der Waals surface area contributed by atoms with E-state index in [9.17, 15) is 9.59 Å². The second kappa shape index (κ2) is 7.46. The van der Waals surface area contributed by atoms with Crippen molar-refractivity contribution in [1.82, 2.24) is 9.78 Å². The predicted molar refractivity (Wildman–Crippen MR) is 101 cm³/mol. The highest BCUT2D eigenvalue weighted by molar-refractivity contribution is 9.10. The van der Waals surface area contributed by atoms with Crippen LogP contribution in [0.4, 0.5) is 5.69 Å². The van der Waals surface area contributed by atoms with E-state index < -0.39 is 11.9 Å². The van der Waals surface area contributed by atoms with Gasteiger partial charge < -0.3 is 14.5 Å². The van der Waals surface area contributed by atoms with Crippen molar-refractivity contribution in [2.45, 2.75) is 20.4 Å². The van der Waals surface area contributed by atoms with E-state index in [2.05, 4.69) is 26.3 Å². The first-order valence-electron chi connectivity index (χ1n) is 7.66.